The average molecular weight is 119 g/mol. The third-order valence-corrected chi connectivity index (χ3v) is 1.06. The lowest BCUT2D eigenvalue weighted by Gasteiger charge is -1.83. The van der Waals surface area contributed by atoms with Crippen molar-refractivity contribution in [3.63, 3.8) is 0 Å². The molecule has 0 atom stereocenters. The maximum Gasteiger partial charge on any atom is 0.119 e. The van der Waals surface area contributed by atoms with E-state index in [9.17, 15) is 0 Å². The summed E-state index contributed by atoms with van der Waals surface area (Å²) in [5, 5.41) is 7.22. The molecule has 0 spiro atoms. The highest BCUT2D eigenvalue weighted by Crippen LogP contribution is 1.93. The molecular formula is C5H3N4. The van der Waals surface area contributed by atoms with Crippen molar-refractivity contribution in [3.8, 4) is 0 Å². The zero-order valence-electron chi connectivity index (χ0n) is 4.52. The van der Waals surface area contributed by atoms with Crippen LogP contribution in [0.4, 0.5) is 0 Å². The van der Waals surface area contributed by atoms with Gasteiger partial charge in [0.15, 0.2) is 0 Å². The first kappa shape index (κ1) is 4.43. The molecule has 0 aliphatic heterocycles. The van der Waals surface area contributed by atoms with E-state index in [0.29, 0.717) is 0 Å². The van der Waals surface area contributed by atoms with Gasteiger partial charge in [0.05, 0.1) is 11.7 Å². The Bertz CT molecular complexity index is 283. The molecule has 9 heavy (non-hydrogen) atoms. The first-order chi connectivity index (χ1) is 4.47. The highest BCUT2D eigenvalue weighted by atomic mass is 15.4. The molecule has 1 radical (unpaired) electrons. The molecule has 0 fully saturated rings. The average Bonchev–Trinajstić information content (AvgIpc) is 2.33. The number of hydrogen-bond donors (Lipinski definition) is 0. The molecule has 2 aromatic rings. The van der Waals surface area contributed by atoms with Crippen LogP contribution >= 0.6 is 0 Å². The molecule has 43 valence electrons. The molecule has 4 heteroatoms. The standard InChI is InChI=1S/C5H3N4/c1-2-7-8-9-4-6-3-5(1)9/h1,3-4H. The third kappa shape index (κ3) is 0.561. The molecule has 0 saturated heterocycles. The Balaban J connectivity index is 2.95. The molecule has 0 aliphatic rings. The van der Waals surface area contributed by atoms with E-state index in [1.807, 2.05) is 0 Å². The van der Waals surface area contributed by atoms with Gasteiger partial charge in [0.25, 0.3) is 0 Å². The predicted octanol–water partition coefficient (Wildman–Crippen LogP) is -0.0755. The smallest absolute Gasteiger partial charge is 0.119 e. The molecule has 0 aromatic carbocycles. The molecule has 2 heterocycles. The zero-order chi connectivity index (χ0) is 6.10. The Hall–Kier alpha value is -1.45. The van der Waals surface area contributed by atoms with Gasteiger partial charge in [-0.05, 0) is 6.07 Å². The highest BCUT2D eigenvalue weighted by molar-refractivity contribution is 5.40. The zero-order valence-corrected chi connectivity index (χ0v) is 4.52. The Kier molecular flexibility index (Phi) is 0.745. The number of rotatable bonds is 0. The van der Waals surface area contributed by atoms with Crippen molar-refractivity contribution >= 4 is 5.52 Å². The summed E-state index contributed by atoms with van der Waals surface area (Å²) in [6.07, 6.45) is 5.89. The van der Waals surface area contributed by atoms with Gasteiger partial charge in [-0.1, -0.05) is 5.21 Å². The molecule has 0 unspecified atom stereocenters. The first-order valence-corrected chi connectivity index (χ1v) is 2.49. The maximum absolute atomic E-state index is 3.84. The third-order valence-electron chi connectivity index (χ3n) is 1.06. The van der Waals surface area contributed by atoms with Crippen molar-refractivity contribution in [3.05, 3.63) is 24.8 Å². The van der Waals surface area contributed by atoms with Crippen LogP contribution in [0.2, 0.25) is 0 Å². The quantitative estimate of drug-likeness (QED) is 0.487. The normalized spacial score (nSPS) is 10.2. The van der Waals surface area contributed by atoms with Gasteiger partial charge in [0.1, 0.15) is 12.5 Å². The summed E-state index contributed by atoms with van der Waals surface area (Å²) in [7, 11) is 0. The summed E-state index contributed by atoms with van der Waals surface area (Å²) < 4.78 is 1.58. The van der Waals surface area contributed by atoms with Crippen LogP contribution in [0.5, 0.6) is 0 Å². The molecule has 4 nitrogen and oxygen atoms in total. The lowest BCUT2D eigenvalue weighted by atomic mass is 10.5. The summed E-state index contributed by atoms with van der Waals surface area (Å²) in [6, 6.07) is 1.72. The minimum absolute atomic E-state index is 0.907. The minimum atomic E-state index is 0.907. The van der Waals surface area contributed by atoms with E-state index in [-0.39, 0.29) is 0 Å². The lowest BCUT2D eigenvalue weighted by Crippen LogP contribution is -1.90. The predicted molar refractivity (Wildman–Crippen MR) is 29.6 cm³/mol. The lowest BCUT2D eigenvalue weighted by molar-refractivity contribution is 0.799. The molecule has 2 rings (SSSR count). The van der Waals surface area contributed by atoms with Crippen LogP contribution in [0.3, 0.4) is 0 Å². The van der Waals surface area contributed by atoms with E-state index in [4.69, 9.17) is 0 Å². The molecule has 0 amide bonds. The SMILES string of the molecule is [c]1cc2cncn2nn1. The summed E-state index contributed by atoms with van der Waals surface area (Å²) in [5.74, 6) is 0. The Labute approximate surface area is 51.1 Å². The van der Waals surface area contributed by atoms with Gasteiger partial charge in [-0.25, -0.2) is 9.50 Å². The fraction of sp³-hybridized carbons (Fsp3) is 0. The Morgan fingerprint density at radius 2 is 2.56 bits per heavy atom. The molecule has 0 aliphatic carbocycles. The monoisotopic (exact) mass is 119 g/mol. The number of nitrogens with zero attached hydrogens (tertiary/aromatic N) is 4. The molecule has 0 N–H and O–H groups in total. The van der Waals surface area contributed by atoms with E-state index in [2.05, 4.69) is 21.5 Å². The molecular weight excluding hydrogens is 116 g/mol. The van der Waals surface area contributed by atoms with Crippen LogP contribution in [-0.2, 0) is 0 Å². The first-order valence-electron chi connectivity index (χ1n) is 2.49. The van der Waals surface area contributed by atoms with Gasteiger partial charge in [0.2, 0.25) is 0 Å². The topological polar surface area (TPSA) is 43.1 Å². The van der Waals surface area contributed by atoms with E-state index < -0.39 is 0 Å². The van der Waals surface area contributed by atoms with Crippen molar-refractivity contribution < 1.29 is 0 Å². The van der Waals surface area contributed by atoms with E-state index in [0.717, 1.165) is 5.52 Å². The van der Waals surface area contributed by atoms with Gasteiger partial charge in [-0.15, -0.1) is 5.10 Å². The second-order valence-corrected chi connectivity index (χ2v) is 1.63. The molecule has 2 aromatic heterocycles. The van der Waals surface area contributed by atoms with Gasteiger partial charge < -0.3 is 0 Å². The van der Waals surface area contributed by atoms with E-state index >= 15 is 0 Å². The van der Waals surface area contributed by atoms with Crippen LogP contribution in [0.1, 0.15) is 0 Å². The van der Waals surface area contributed by atoms with Crippen molar-refractivity contribution in [1.29, 1.82) is 0 Å². The van der Waals surface area contributed by atoms with Crippen LogP contribution in [0, 0.1) is 6.20 Å². The van der Waals surface area contributed by atoms with Gasteiger partial charge >= 0.3 is 0 Å². The van der Waals surface area contributed by atoms with E-state index in [1.165, 1.54) is 0 Å². The van der Waals surface area contributed by atoms with Crippen molar-refractivity contribution in [1.82, 2.24) is 19.8 Å². The Morgan fingerprint density at radius 1 is 1.56 bits per heavy atom. The second kappa shape index (κ2) is 1.51. The van der Waals surface area contributed by atoms with Crippen LogP contribution in [-0.4, -0.2) is 19.8 Å². The number of fused-ring (bicyclic) bond motifs is 1. The maximum atomic E-state index is 3.84. The number of hydrogen-bond acceptors (Lipinski definition) is 3. The number of aromatic nitrogens is 4. The minimum Gasteiger partial charge on any atom is -0.242 e. The fourth-order valence-corrected chi connectivity index (χ4v) is 0.646. The molecule has 0 bridgehead atoms. The van der Waals surface area contributed by atoms with Crippen LogP contribution in [0.15, 0.2) is 18.6 Å². The van der Waals surface area contributed by atoms with Gasteiger partial charge in [-0.3, -0.25) is 0 Å². The van der Waals surface area contributed by atoms with Crippen molar-refractivity contribution in [2.24, 2.45) is 0 Å². The van der Waals surface area contributed by atoms with Gasteiger partial charge in [-0.2, -0.15) is 0 Å². The van der Waals surface area contributed by atoms with Gasteiger partial charge in [0, 0.05) is 0 Å². The van der Waals surface area contributed by atoms with Crippen molar-refractivity contribution in [2.45, 2.75) is 0 Å². The summed E-state index contributed by atoms with van der Waals surface area (Å²) in [4.78, 5) is 3.84. The van der Waals surface area contributed by atoms with Crippen LogP contribution in [0.25, 0.3) is 5.52 Å². The second-order valence-electron chi connectivity index (χ2n) is 1.63. The summed E-state index contributed by atoms with van der Waals surface area (Å²) in [5.41, 5.74) is 0.907. The fourth-order valence-electron chi connectivity index (χ4n) is 0.646. The van der Waals surface area contributed by atoms with Crippen LogP contribution < -0.4 is 0 Å². The highest BCUT2D eigenvalue weighted by Gasteiger charge is 1.88. The number of imidazole rings is 1. The Morgan fingerprint density at radius 3 is 3.44 bits per heavy atom. The summed E-state index contributed by atoms with van der Waals surface area (Å²) in [6.45, 7) is 0. The summed E-state index contributed by atoms with van der Waals surface area (Å²) >= 11 is 0. The largest absolute Gasteiger partial charge is 0.242 e. The molecule has 0 saturated carbocycles. The van der Waals surface area contributed by atoms with Crippen molar-refractivity contribution in [2.75, 3.05) is 0 Å². The van der Waals surface area contributed by atoms with E-state index in [1.54, 1.807) is 23.1 Å².